The number of benzene rings is 1. The van der Waals surface area contributed by atoms with E-state index < -0.39 is 0 Å². The maximum Gasteiger partial charge on any atom is 0.174 e. The third-order valence-corrected chi connectivity index (χ3v) is 3.13. The van der Waals surface area contributed by atoms with Gasteiger partial charge in [0.2, 0.25) is 0 Å². The average molecular weight is 305 g/mol. The molecule has 1 aromatic heterocycles. The van der Waals surface area contributed by atoms with Crippen LogP contribution >= 0.6 is 0 Å². The Morgan fingerprint density at radius 2 is 1.82 bits per heavy atom. The summed E-state index contributed by atoms with van der Waals surface area (Å²) in [5, 5.41) is 10.5. The van der Waals surface area contributed by atoms with Gasteiger partial charge in [-0.15, -0.1) is 0 Å². The molecule has 0 aliphatic heterocycles. The Labute approximate surface area is 130 Å². The third-order valence-electron chi connectivity index (χ3n) is 3.13. The van der Waals surface area contributed by atoms with Gasteiger partial charge in [0.05, 0.1) is 19.3 Å². The second-order valence-electron chi connectivity index (χ2n) is 4.62. The first-order chi connectivity index (χ1) is 10.8. The van der Waals surface area contributed by atoms with E-state index >= 15 is 0 Å². The number of methoxy groups -OCH3 is 1. The number of nitrogens with zero attached hydrogens (tertiary/aromatic N) is 1. The van der Waals surface area contributed by atoms with Gasteiger partial charge in [-0.1, -0.05) is 0 Å². The van der Waals surface area contributed by atoms with Crippen molar-refractivity contribution in [2.45, 2.75) is 20.1 Å². The van der Waals surface area contributed by atoms with E-state index in [9.17, 15) is 0 Å². The van der Waals surface area contributed by atoms with E-state index in [0.717, 1.165) is 22.8 Å². The Morgan fingerprint density at radius 3 is 2.41 bits per heavy atom. The molecule has 1 heterocycles. The second kappa shape index (κ2) is 8.41. The summed E-state index contributed by atoms with van der Waals surface area (Å²) in [6, 6.07) is 9.77. The van der Waals surface area contributed by atoms with Crippen molar-refractivity contribution >= 4 is 5.82 Å². The summed E-state index contributed by atoms with van der Waals surface area (Å²) in [4.78, 5) is 0. The van der Waals surface area contributed by atoms with Crippen LogP contribution in [0, 0.1) is 0 Å². The number of ether oxygens (including phenoxy) is 3. The van der Waals surface area contributed by atoms with Crippen molar-refractivity contribution in [2.24, 2.45) is 0 Å². The van der Waals surface area contributed by atoms with Gasteiger partial charge in [0.25, 0.3) is 0 Å². The van der Waals surface area contributed by atoms with Crippen molar-refractivity contribution in [3.05, 3.63) is 30.3 Å². The zero-order chi connectivity index (χ0) is 15.8. The largest absolute Gasteiger partial charge is 0.497 e. The van der Waals surface area contributed by atoms with Gasteiger partial charge in [0.1, 0.15) is 11.6 Å². The molecule has 0 bridgehead atoms. The molecular weight excluding hydrogens is 282 g/mol. The van der Waals surface area contributed by atoms with E-state index in [1.165, 1.54) is 0 Å². The molecule has 6 nitrogen and oxygen atoms in total. The SMILES string of the molecule is CCOC(CNc1cc(-c2ccc(OC)cc2)[nH]n1)OCC. The highest BCUT2D eigenvalue weighted by Gasteiger charge is 2.09. The van der Waals surface area contributed by atoms with Crippen LogP contribution in [0.3, 0.4) is 0 Å². The molecule has 0 fully saturated rings. The summed E-state index contributed by atoms with van der Waals surface area (Å²) in [7, 11) is 1.65. The summed E-state index contributed by atoms with van der Waals surface area (Å²) in [5.41, 5.74) is 1.99. The lowest BCUT2D eigenvalue weighted by Crippen LogP contribution is -2.26. The number of rotatable bonds is 9. The first-order valence-corrected chi connectivity index (χ1v) is 7.43. The van der Waals surface area contributed by atoms with E-state index in [1.54, 1.807) is 7.11 Å². The summed E-state index contributed by atoms with van der Waals surface area (Å²) < 4.78 is 16.1. The first-order valence-electron chi connectivity index (χ1n) is 7.43. The quantitative estimate of drug-likeness (QED) is 0.697. The first kappa shape index (κ1) is 16.3. The van der Waals surface area contributed by atoms with Crippen LogP contribution in [0.4, 0.5) is 5.82 Å². The van der Waals surface area contributed by atoms with Crippen molar-refractivity contribution in [2.75, 3.05) is 32.2 Å². The van der Waals surface area contributed by atoms with Gasteiger partial charge in [0, 0.05) is 19.3 Å². The van der Waals surface area contributed by atoms with E-state index in [4.69, 9.17) is 14.2 Å². The fourth-order valence-corrected chi connectivity index (χ4v) is 2.06. The summed E-state index contributed by atoms with van der Waals surface area (Å²) in [5.74, 6) is 1.59. The van der Waals surface area contributed by atoms with Crippen LogP contribution in [0.15, 0.2) is 30.3 Å². The van der Waals surface area contributed by atoms with Crippen LogP contribution in [0.25, 0.3) is 11.3 Å². The Morgan fingerprint density at radius 1 is 1.14 bits per heavy atom. The number of aromatic amines is 1. The Balaban J connectivity index is 1.95. The van der Waals surface area contributed by atoms with Crippen LogP contribution in [0.1, 0.15) is 13.8 Å². The minimum Gasteiger partial charge on any atom is -0.497 e. The van der Waals surface area contributed by atoms with Crippen LogP contribution in [-0.2, 0) is 9.47 Å². The fraction of sp³-hybridized carbons (Fsp3) is 0.438. The zero-order valence-corrected chi connectivity index (χ0v) is 13.3. The molecule has 0 saturated carbocycles. The van der Waals surface area contributed by atoms with E-state index in [2.05, 4.69) is 15.5 Å². The lowest BCUT2D eigenvalue weighted by Gasteiger charge is -2.16. The zero-order valence-electron chi connectivity index (χ0n) is 13.3. The fourth-order valence-electron chi connectivity index (χ4n) is 2.06. The highest BCUT2D eigenvalue weighted by molar-refractivity contribution is 5.63. The molecule has 0 spiro atoms. The van der Waals surface area contributed by atoms with Gasteiger partial charge in [-0.3, -0.25) is 5.10 Å². The number of aromatic nitrogens is 2. The Hall–Kier alpha value is -2.05. The van der Waals surface area contributed by atoms with Gasteiger partial charge < -0.3 is 19.5 Å². The predicted octanol–water partition coefficient (Wildman–Crippen LogP) is 2.90. The molecule has 120 valence electrons. The number of anilines is 1. The molecule has 0 radical (unpaired) electrons. The molecule has 0 aliphatic rings. The second-order valence-corrected chi connectivity index (χ2v) is 4.62. The predicted molar refractivity (Wildman–Crippen MR) is 86.1 cm³/mol. The Kier molecular flexibility index (Phi) is 6.24. The van der Waals surface area contributed by atoms with E-state index in [-0.39, 0.29) is 6.29 Å². The van der Waals surface area contributed by atoms with Crippen LogP contribution in [-0.4, -0.2) is 43.4 Å². The van der Waals surface area contributed by atoms with Gasteiger partial charge >= 0.3 is 0 Å². The summed E-state index contributed by atoms with van der Waals surface area (Å²) in [6.45, 7) is 5.67. The van der Waals surface area contributed by atoms with E-state index in [1.807, 2.05) is 44.2 Å². The molecule has 2 aromatic rings. The summed E-state index contributed by atoms with van der Waals surface area (Å²) in [6.07, 6.45) is -0.267. The van der Waals surface area contributed by atoms with Crippen LogP contribution in [0.5, 0.6) is 5.75 Å². The van der Waals surface area contributed by atoms with Crippen molar-refractivity contribution in [1.82, 2.24) is 10.2 Å². The maximum atomic E-state index is 5.48. The van der Waals surface area contributed by atoms with Gasteiger partial charge in [-0.05, 0) is 43.7 Å². The lowest BCUT2D eigenvalue weighted by atomic mass is 10.1. The molecule has 0 aliphatic carbocycles. The van der Waals surface area contributed by atoms with Crippen molar-refractivity contribution in [1.29, 1.82) is 0 Å². The molecule has 22 heavy (non-hydrogen) atoms. The third kappa shape index (κ3) is 4.47. The molecule has 0 atom stereocenters. The molecule has 2 rings (SSSR count). The minimum absolute atomic E-state index is 0.267. The van der Waals surface area contributed by atoms with Gasteiger partial charge in [-0.25, -0.2) is 0 Å². The summed E-state index contributed by atoms with van der Waals surface area (Å²) >= 11 is 0. The number of hydrogen-bond donors (Lipinski definition) is 2. The monoisotopic (exact) mass is 305 g/mol. The normalized spacial score (nSPS) is 10.9. The minimum atomic E-state index is -0.267. The molecule has 0 saturated heterocycles. The van der Waals surface area contributed by atoms with Crippen molar-refractivity contribution in [3.8, 4) is 17.0 Å². The number of nitrogens with one attached hydrogen (secondary N) is 2. The van der Waals surface area contributed by atoms with Crippen LogP contribution < -0.4 is 10.1 Å². The lowest BCUT2D eigenvalue weighted by molar-refractivity contribution is -0.126. The average Bonchev–Trinajstić information content (AvgIpc) is 3.02. The topological polar surface area (TPSA) is 68.4 Å². The molecule has 0 amide bonds. The standard InChI is InChI=1S/C16H23N3O3/c1-4-21-16(22-5-2)11-17-15-10-14(18-19-15)12-6-8-13(20-3)9-7-12/h6-10,16H,4-5,11H2,1-3H3,(H2,17,18,19). The van der Waals surface area contributed by atoms with E-state index in [0.29, 0.717) is 19.8 Å². The van der Waals surface area contributed by atoms with Gasteiger partial charge in [0.15, 0.2) is 6.29 Å². The maximum absolute atomic E-state index is 5.48. The molecule has 1 aromatic carbocycles. The van der Waals surface area contributed by atoms with Crippen LogP contribution in [0.2, 0.25) is 0 Å². The highest BCUT2D eigenvalue weighted by Crippen LogP contribution is 2.22. The number of H-pyrrole nitrogens is 1. The molecular formula is C16H23N3O3. The van der Waals surface area contributed by atoms with Crippen molar-refractivity contribution in [3.63, 3.8) is 0 Å². The molecule has 2 N–H and O–H groups in total. The van der Waals surface area contributed by atoms with Crippen molar-refractivity contribution < 1.29 is 14.2 Å². The van der Waals surface area contributed by atoms with Gasteiger partial charge in [-0.2, -0.15) is 5.10 Å². The highest BCUT2D eigenvalue weighted by atomic mass is 16.7. The molecule has 6 heteroatoms. The number of hydrogen-bond acceptors (Lipinski definition) is 5. The Bertz CT molecular complexity index is 548. The molecule has 0 unspecified atom stereocenters. The smallest absolute Gasteiger partial charge is 0.174 e.